The van der Waals surface area contributed by atoms with Gasteiger partial charge in [0.15, 0.2) is 5.82 Å². The van der Waals surface area contributed by atoms with Gasteiger partial charge in [0, 0.05) is 11.3 Å². The molecule has 0 aromatic carbocycles. The van der Waals surface area contributed by atoms with Crippen molar-refractivity contribution in [3.8, 4) is 0 Å². The lowest BCUT2D eigenvalue weighted by Crippen LogP contribution is -2.17. The molecule has 0 radical (unpaired) electrons. The van der Waals surface area contributed by atoms with Gasteiger partial charge in [0.25, 0.3) is 0 Å². The molecule has 0 aliphatic heterocycles. The van der Waals surface area contributed by atoms with E-state index in [-0.39, 0.29) is 18.4 Å². The SMILES string of the molecule is CC(C)[C@@H](N)c1nc(Cc2cccs2)no1.Cl. The molecule has 0 aliphatic carbocycles. The average molecular weight is 274 g/mol. The average Bonchev–Trinajstić information content (AvgIpc) is 2.88. The number of aromatic nitrogens is 2. The molecule has 0 amide bonds. The van der Waals surface area contributed by atoms with Crippen LogP contribution in [0.25, 0.3) is 0 Å². The molecule has 2 heterocycles. The Kier molecular flexibility index (Phi) is 5.11. The maximum Gasteiger partial charge on any atom is 0.243 e. The van der Waals surface area contributed by atoms with E-state index in [1.54, 1.807) is 11.3 Å². The van der Waals surface area contributed by atoms with Crippen molar-refractivity contribution in [3.05, 3.63) is 34.1 Å². The highest BCUT2D eigenvalue weighted by Crippen LogP contribution is 2.18. The van der Waals surface area contributed by atoms with Crippen molar-refractivity contribution >= 4 is 23.7 Å². The first kappa shape index (κ1) is 14.2. The topological polar surface area (TPSA) is 64.9 Å². The lowest BCUT2D eigenvalue weighted by atomic mass is 10.1. The lowest BCUT2D eigenvalue weighted by Gasteiger charge is -2.09. The first-order valence-electron chi connectivity index (χ1n) is 5.27. The summed E-state index contributed by atoms with van der Waals surface area (Å²) in [6.45, 7) is 4.07. The zero-order chi connectivity index (χ0) is 11.5. The molecule has 94 valence electrons. The van der Waals surface area contributed by atoms with Crippen molar-refractivity contribution in [1.82, 2.24) is 10.1 Å². The minimum Gasteiger partial charge on any atom is -0.338 e. The molecule has 2 rings (SSSR count). The second kappa shape index (κ2) is 6.14. The van der Waals surface area contributed by atoms with Crippen LogP contribution in [0.4, 0.5) is 0 Å². The van der Waals surface area contributed by atoms with Crippen molar-refractivity contribution in [2.24, 2.45) is 11.7 Å². The van der Waals surface area contributed by atoms with Crippen LogP contribution in [0.5, 0.6) is 0 Å². The van der Waals surface area contributed by atoms with Gasteiger partial charge in [-0.3, -0.25) is 0 Å². The van der Waals surface area contributed by atoms with Crippen LogP contribution in [-0.2, 0) is 6.42 Å². The third-order valence-corrected chi connectivity index (χ3v) is 3.28. The van der Waals surface area contributed by atoms with Gasteiger partial charge in [0.1, 0.15) is 0 Å². The number of nitrogens with zero attached hydrogens (tertiary/aromatic N) is 2. The number of hydrogen-bond donors (Lipinski definition) is 1. The van der Waals surface area contributed by atoms with E-state index in [4.69, 9.17) is 10.3 Å². The molecule has 0 spiro atoms. The van der Waals surface area contributed by atoms with Gasteiger partial charge in [-0.15, -0.1) is 23.7 Å². The van der Waals surface area contributed by atoms with E-state index >= 15 is 0 Å². The van der Waals surface area contributed by atoms with E-state index in [2.05, 4.69) is 16.2 Å². The van der Waals surface area contributed by atoms with Crippen LogP contribution in [0.15, 0.2) is 22.0 Å². The summed E-state index contributed by atoms with van der Waals surface area (Å²) >= 11 is 1.69. The Morgan fingerprint density at radius 2 is 2.24 bits per heavy atom. The Bertz CT molecular complexity index is 441. The third-order valence-electron chi connectivity index (χ3n) is 2.40. The summed E-state index contributed by atoms with van der Waals surface area (Å²) in [4.78, 5) is 5.54. The van der Waals surface area contributed by atoms with Gasteiger partial charge in [-0.1, -0.05) is 25.1 Å². The highest BCUT2D eigenvalue weighted by atomic mass is 35.5. The molecule has 2 aromatic heterocycles. The molecule has 0 unspecified atom stereocenters. The maximum atomic E-state index is 5.93. The van der Waals surface area contributed by atoms with Gasteiger partial charge in [-0.2, -0.15) is 4.98 Å². The van der Waals surface area contributed by atoms with Gasteiger partial charge >= 0.3 is 0 Å². The molecule has 0 saturated heterocycles. The summed E-state index contributed by atoms with van der Waals surface area (Å²) in [7, 11) is 0. The number of rotatable bonds is 4. The van der Waals surface area contributed by atoms with Gasteiger partial charge in [0.2, 0.25) is 5.89 Å². The predicted molar refractivity (Wildman–Crippen MR) is 70.4 cm³/mol. The van der Waals surface area contributed by atoms with E-state index in [1.807, 2.05) is 25.3 Å². The van der Waals surface area contributed by atoms with Crippen LogP contribution < -0.4 is 5.73 Å². The van der Waals surface area contributed by atoms with Crippen LogP contribution in [0, 0.1) is 5.92 Å². The zero-order valence-corrected chi connectivity index (χ0v) is 11.4. The summed E-state index contributed by atoms with van der Waals surface area (Å²) < 4.78 is 5.16. The van der Waals surface area contributed by atoms with E-state index in [0.29, 0.717) is 24.1 Å². The fraction of sp³-hybridized carbons (Fsp3) is 0.455. The monoisotopic (exact) mass is 273 g/mol. The summed E-state index contributed by atoms with van der Waals surface area (Å²) in [6, 6.07) is 3.90. The number of hydrogen-bond acceptors (Lipinski definition) is 5. The van der Waals surface area contributed by atoms with Crippen LogP contribution >= 0.6 is 23.7 Å². The quantitative estimate of drug-likeness (QED) is 0.930. The molecular weight excluding hydrogens is 258 g/mol. The standard InChI is InChI=1S/C11H15N3OS.ClH/c1-7(2)10(12)11-13-9(14-15-11)6-8-4-3-5-16-8;/h3-5,7,10H,6,12H2,1-2H3;1H/t10-;/m1./s1. The summed E-state index contributed by atoms with van der Waals surface area (Å²) in [6.07, 6.45) is 0.714. The van der Waals surface area contributed by atoms with E-state index in [9.17, 15) is 0 Å². The Balaban J connectivity index is 0.00000144. The molecule has 1 atom stereocenters. The second-order valence-electron chi connectivity index (χ2n) is 4.07. The Morgan fingerprint density at radius 3 is 2.82 bits per heavy atom. The van der Waals surface area contributed by atoms with Crippen LogP contribution in [0.1, 0.15) is 36.5 Å². The molecule has 6 heteroatoms. The van der Waals surface area contributed by atoms with Crippen LogP contribution in [0.2, 0.25) is 0 Å². The van der Waals surface area contributed by atoms with Crippen molar-refractivity contribution in [2.75, 3.05) is 0 Å². The molecule has 4 nitrogen and oxygen atoms in total. The Morgan fingerprint density at radius 1 is 1.47 bits per heavy atom. The van der Waals surface area contributed by atoms with Crippen molar-refractivity contribution in [1.29, 1.82) is 0 Å². The molecule has 2 N–H and O–H groups in total. The molecule has 17 heavy (non-hydrogen) atoms. The largest absolute Gasteiger partial charge is 0.338 e. The number of halogens is 1. The Labute approximate surface area is 111 Å². The highest BCUT2D eigenvalue weighted by molar-refractivity contribution is 7.09. The fourth-order valence-electron chi connectivity index (χ4n) is 1.33. The molecule has 2 aromatic rings. The fourth-order valence-corrected chi connectivity index (χ4v) is 2.03. The minimum atomic E-state index is -0.176. The summed E-state index contributed by atoms with van der Waals surface area (Å²) in [5.74, 6) is 1.53. The zero-order valence-electron chi connectivity index (χ0n) is 9.79. The number of nitrogens with two attached hydrogens (primary N) is 1. The summed E-state index contributed by atoms with van der Waals surface area (Å²) in [5.41, 5.74) is 5.93. The van der Waals surface area contributed by atoms with Crippen molar-refractivity contribution < 1.29 is 4.52 Å². The second-order valence-corrected chi connectivity index (χ2v) is 5.11. The Hall–Kier alpha value is -0.910. The van der Waals surface area contributed by atoms with Gasteiger partial charge < -0.3 is 10.3 Å². The molecular formula is C11H16ClN3OS. The predicted octanol–water partition coefficient (Wildman–Crippen LogP) is 2.80. The van der Waals surface area contributed by atoms with E-state index in [0.717, 1.165) is 0 Å². The van der Waals surface area contributed by atoms with Gasteiger partial charge in [-0.25, -0.2) is 0 Å². The first-order valence-corrected chi connectivity index (χ1v) is 6.15. The number of thiophene rings is 1. The molecule has 0 bridgehead atoms. The smallest absolute Gasteiger partial charge is 0.243 e. The van der Waals surface area contributed by atoms with E-state index in [1.165, 1.54) is 4.88 Å². The minimum absolute atomic E-state index is 0. The summed E-state index contributed by atoms with van der Waals surface area (Å²) in [5, 5.41) is 5.97. The third kappa shape index (κ3) is 3.52. The van der Waals surface area contributed by atoms with E-state index < -0.39 is 0 Å². The maximum absolute atomic E-state index is 5.93. The van der Waals surface area contributed by atoms with Crippen molar-refractivity contribution in [3.63, 3.8) is 0 Å². The van der Waals surface area contributed by atoms with Crippen LogP contribution in [0.3, 0.4) is 0 Å². The van der Waals surface area contributed by atoms with Crippen molar-refractivity contribution in [2.45, 2.75) is 26.3 Å². The van der Waals surface area contributed by atoms with Gasteiger partial charge in [-0.05, 0) is 17.4 Å². The first-order chi connectivity index (χ1) is 7.66. The lowest BCUT2D eigenvalue weighted by molar-refractivity contribution is 0.322. The normalized spacial score (nSPS) is 12.5. The molecule has 0 aliphatic rings. The van der Waals surface area contributed by atoms with Gasteiger partial charge in [0.05, 0.1) is 6.04 Å². The molecule has 0 fully saturated rings. The highest BCUT2D eigenvalue weighted by Gasteiger charge is 2.18. The molecule has 0 saturated carbocycles. The van der Waals surface area contributed by atoms with Crippen LogP contribution in [-0.4, -0.2) is 10.1 Å².